The molecule has 0 saturated heterocycles. The summed E-state index contributed by atoms with van der Waals surface area (Å²) in [6.45, 7) is 4.03. The summed E-state index contributed by atoms with van der Waals surface area (Å²) in [7, 11) is 0. The summed E-state index contributed by atoms with van der Waals surface area (Å²) < 4.78 is 5.46. The molecule has 2 N–H and O–H groups in total. The fraction of sp³-hybridized carbons (Fsp3) is 0.158. The van der Waals surface area contributed by atoms with Crippen LogP contribution < -0.4 is 15.4 Å². The predicted molar refractivity (Wildman–Crippen MR) is 106 cm³/mol. The van der Waals surface area contributed by atoms with E-state index in [1.165, 1.54) is 0 Å². The lowest BCUT2D eigenvalue weighted by atomic mass is 10.1. The molecule has 0 aliphatic heterocycles. The zero-order chi connectivity index (χ0) is 18.1. The van der Waals surface area contributed by atoms with Crippen LogP contribution in [0.15, 0.2) is 61.2 Å². The SMILES string of the molecule is C=CCOc1cccc(NC(=S)NC(=O)CCc2ccccc2Cl)c1. The van der Waals surface area contributed by atoms with Gasteiger partial charge in [0.15, 0.2) is 5.11 Å². The van der Waals surface area contributed by atoms with Crippen LogP contribution in [0.1, 0.15) is 12.0 Å². The Morgan fingerprint density at radius 3 is 2.80 bits per heavy atom. The molecule has 4 nitrogen and oxygen atoms in total. The minimum atomic E-state index is -0.170. The van der Waals surface area contributed by atoms with E-state index in [1.807, 2.05) is 42.5 Å². The Hall–Kier alpha value is -2.37. The number of benzene rings is 2. The number of rotatable bonds is 7. The van der Waals surface area contributed by atoms with Gasteiger partial charge in [-0.1, -0.05) is 48.5 Å². The van der Waals surface area contributed by atoms with Crippen LogP contribution in [0.2, 0.25) is 5.02 Å². The van der Waals surface area contributed by atoms with E-state index in [0.717, 1.165) is 11.3 Å². The first-order valence-corrected chi connectivity index (χ1v) is 8.55. The van der Waals surface area contributed by atoms with Gasteiger partial charge in [0.1, 0.15) is 12.4 Å². The molecular formula is C19H19ClN2O2S. The van der Waals surface area contributed by atoms with E-state index in [-0.39, 0.29) is 11.0 Å². The second-order valence-corrected chi connectivity index (χ2v) is 6.04. The zero-order valence-corrected chi connectivity index (χ0v) is 15.2. The van der Waals surface area contributed by atoms with Crippen molar-refractivity contribution in [3.8, 4) is 5.75 Å². The van der Waals surface area contributed by atoms with Crippen molar-refractivity contribution in [3.05, 3.63) is 71.8 Å². The Morgan fingerprint density at radius 1 is 1.24 bits per heavy atom. The van der Waals surface area contributed by atoms with Crippen LogP contribution in [0.5, 0.6) is 5.75 Å². The molecule has 0 atom stereocenters. The fourth-order valence-electron chi connectivity index (χ4n) is 2.12. The third-order valence-corrected chi connectivity index (χ3v) is 3.86. The van der Waals surface area contributed by atoms with Gasteiger partial charge in [0.2, 0.25) is 5.91 Å². The molecule has 25 heavy (non-hydrogen) atoms. The van der Waals surface area contributed by atoms with Crippen molar-refractivity contribution in [1.29, 1.82) is 0 Å². The molecule has 0 aliphatic carbocycles. The van der Waals surface area contributed by atoms with Gasteiger partial charge in [0, 0.05) is 23.2 Å². The average molecular weight is 375 g/mol. The summed E-state index contributed by atoms with van der Waals surface area (Å²) in [4.78, 5) is 12.0. The highest BCUT2D eigenvalue weighted by atomic mass is 35.5. The Balaban J connectivity index is 1.82. The summed E-state index contributed by atoms with van der Waals surface area (Å²) in [5.74, 6) is 0.522. The number of anilines is 1. The predicted octanol–water partition coefficient (Wildman–Crippen LogP) is 4.35. The molecule has 0 aliphatic rings. The van der Waals surface area contributed by atoms with Gasteiger partial charge in [0.25, 0.3) is 0 Å². The molecule has 0 bridgehead atoms. The molecule has 0 radical (unpaired) electrons. The van der Waals surface area contributed by atoms with Crippen LogP contribution in [0.3, 0.4) is 0 Å². The highest BCUT2D eigenvalue weighted by Crippen LogP contribution is 2.18. The Bertz CT molecular complexity index is 765. The van der Waals surface area contributed by atoms with Crippen molar-refractivity contribution in [2.75, 3.05) is 11.9 Å². The van der Waals surface area contributed by atoms with Crippen LogP contribution in [0.25, 0.3) is 0 Å². The third kappa shape index (κ3) is 6.57. The lowest BCUT2D eigenvalue weighted by Gasteiger charge is -2.11. The van der Waals surface area contributed by atoms with Crippen molar-refractivity contribution < 1.29 is 9.53 Å². The second kappa shape index (κ2) is 9.81. The second-order valence-electron chi connectivity index (χ2n) is 5.22. The summed E-state index contributed by atoms with van der Waals surface area (Å²) >= 11 is 11.3. The highest BCUT2D eigenvalue weighted by Gasteiger charge is 2.07. The van der Waals surface area contributed by atoms with Crippen LogP contribution in [-0.2, 0) is 11.2 Å². The molecule has 0 fully saturated rings. The number of ether oxygens (including phenoxy) is 1. The van der Waals surface area contributed by atoms with Crippen LogP contribution in [0.4, 0.5) is 5.69 Å². The van der Waals surface area contributed by atoms with E-state index in [0.29, 0.717) is 30.2 Å². The van der Waals surface area contributed by atoms with Gasteiger partial charge in [-0.25, -0.2) is 0 Å². The van der Waals surface area contributed by atoms with Gasteiger partial charge in [0.05, 0.1) is 0 Å². The van der Waals surface area contributed by atoms with Crippen molar-refractivity contribution >= 4 is 40.5 Å². The first kappa shape index (κ1) is 19.0. The van der Waals surface area contributed by atoms with Gasteiger partial charge in [-0.15, -0.1) is 0 Å². The molecule has 0 heterocycles. The fourth-order valence-corrected chi connectivity index (χ4v) is 2.58. The molecule has 2 rings (SSSR count). The summed E-state index contributed by atoms with van der Waals surface area (Å²) in [5.41, 5.74) is 1.67. The molecule has 1 amide bonds. The van der Waals surface area contributed by atoms with E-state index in [1.54, 1.807) is 12.1 Å². The van der Waals surface area contributed by atoms with Crippen LogP contribution >= 0.6 is 23.8 Å². The molecule has 0 aromatic heterocycles. The standard InChI is InChI=1S/C19H19ClN2O2S/c1-2-12-24-16-8-5-7-15(13-16)21-19(25)22-18(23)11-10-14-6-3-4-9-17(14)20/h2-9,13H,1,10-12H2,(H2,21,22,23,25). The maximum absolute atomic E-state index is 12.0. The Labute approximate surface area is 157 Å². The molecule has 0 spiro atoms. The molecule has 2 aromatic carbocycles. The maximum atomic E-state index is 12.0. The molecule has 6 heteroatoms. The number of carbonyl (C=O) groups is 1. The van der Waals surface area contributed by atoms with Crippen molar-refractivity contribution in [2.45, 2.75) is 12.8 Å². The number of thiocarbonyl (C=S) groups is 1. The van der Waals surface area contributed by atoms with E-state index in [9.17, 15) is 4.79 Å². The van der Waals surface area contributed by atoms with Gasteiger partial charge < -0.3 is 15.4 Å². The molecule has 0 saturated carbocycles. The summed E-state index contributed by atoms with van der Waals surface area (Å²) in [6.07, 6.45) is 2.52. The number of nitrogens with one attached hydrogen (secondary N) is 2. The Morgan fingerprint density at radius 2 is 2.04 bits per heavy atom. The lowest BCUT2D eigenvalue weighted by molar-refractivity contribution is -0.119. The summed E-state index contributed by atoms with van der Waals surface area (Å²) in [5, 5.41) is 6.53. The minimum Gasteiger partial charge on any atom is -0.489 e. The maximum Gasteiger partial charge on any atom is 0.226 e. The Kier molecular flexibility index (Phi) is 7.44. The molecule has 0 unspecified atom stereocenters. The molecule has 130 valence electrons. The average Bonchev–Trinajstić information content (AvgIpc) is 2.59. The lowest BCUT2D eigenvalue weighted by Crippen LogP contribution is -2.34. The van der Waals surface area contributed by atoms with Crippen molar-refractivity contribution in [1.82, 2.24) is 5.32 Å². The first-order valence-electron chi connectivity index (χ1n) is 7.76. The molecule has 2 aromatic rings. The number of carbonyl (C=O) groups excluding carboxylic acids is 1. The van der Waals surface area contributed by atoms with E-state index >= 15 is 0 Å². The topological polar surface area (TPSA) is 50.4 Å². The zero-order valence-electron chi connectivity index (χ0n) is 13.6. The van der Waals surface area contributed by atoms with Crippen molar-refractivity contribution in [2.24, 2.45) is 0 Å². The van der Waals surface area contributed by atoms with Crippen molar-refractivity contribution in [3.63, 3.8) is 0 Å². The number of hydrogen-bond donors (Lipinski definition) is 2. The number of halogens is 1. The van der Waals surface area contributed by atoms with Gasteiger partial charge in [-0.05, 0) is 42.4 Å². The number of amides is 1. The highest BCUT2D eigenvalue weighted by molar-refractivity contribution is 7.80. The largest absolute Gasteiger partial charge is 0.489 e. The molecular weight excluding hydrogens is 356 g/mol. The number of aryl methyl sites for hydroxylation is 1. The monoisotopic (exact) mass is 374 g/mol. The van der Waals surface area contributed by atoms with Crippen LogP contribution in [-0.4, -0.2) is 17.6 Å². The van der Waals surface area contributed by atoms with E-state index in [4.69, 9.17) is 28.6 Å². The smallest absolute Gasteiger partial charge is 0.226 e. The van der Waals surface area contributed by atoms with Gasteiger partial charge in [-0.3, -0.25) is 4.79 Å². The van der Waals surface area contributed by atoms with Gasteiger partial charge in [-0.2, -0.15) is 0 Å². The summed E-state index contributed by atoms with van der Waals surface area (Å²) in [6, 6.07) is 14.8. The van der Waals surface area contributed by atoms with E-state index in [2.05, 4.69) is 17.2 Å². The quantitative estimate of drug-likeness (QED) is 0.558. The first-order chi connectivity index (χ1) is 12.1. The van der Waals surface area contributed by atoms with Gasteiger partial charge >= 0.3 is 0 Å². The van der Waals surface area contributed by atoms with Crippen LogP contribution in [0, 0.1) is 0 Å². The van der Waals surface area contributed by atoms with E-state index < -0.39 is 0 Å². The number of hydrogen-bond acceptors (Lipinski definition) is 3. The third-order valence-electron chi connectivity index (χ3n) is 3.29. The minimum absolute atomic E-state index is 0.170. The normalized spacial score (nSPS) is 9.96.